The highest BCUT2D eigenvalue weighted by Crippen LogP contribution is 2.31. The summed E-state index contributed by atoms with van der Waals surface area (Å²) in [6.45, 7) is 0.343. The number of benzene rings is 1. The number of anilines is 2. The Bertz CT molecular complexity index is 1080. The van der Waals surface area contributed by atoms with E-state index < -0.39 is 11.7 Å². The summed E-state index contributed by atoms with van der Waals surface area (Å²) in [5.74, 6) is 1.33. The van der Waals surface area contributed by atoms with Gasteiger partial charge in [-0.05, 0) is 61.6 Å². The van der Waals surface area contributed by atoms with Gasteiger partial charge in [0.15, 0.2) is 0 Å². The van der Waals surface area contributed by atoms with Crippen molar-refractivity contribution in [1.82, 2.24) is 9.97 Å². The first kappa shape index (κ1) is 23.3. The third kappa shape index (κ3) is 6.15. The van der Waals surface area contributed by atoms with Crippen molar-refractivity contribution in [3.05, 3.63) is 70.9 Å². The lowest BCUT2D eigenvalue weighted by atomic mass is 9.92. The minimum Gasteiger partial charge on any atom is -0.367 e. The molecule has 3 aromatic rings. The number of hydrogen-bond acceptors (Lipinski definition) is 5. The van der Waals surface area contributed by atoms with Crippen LogP contribution in [0.15, 0.2) is 54.7 Å². The fourth-order valence-corrected chi connectivity index (χ4v) is 4.07. The van der Waals surface area contributed by atoms with Crippen LogP contribution in [0, 0.1) is 0 Å². The predicted octanol–water partition coefficient (Wildman–Crippen LogP) is 6.11. The van der Waals surface area contributed by atoms with Gasteiger partial charge in [0.2, 0.25) is 0 Å². The van der Waals surface area contributed by atoms with Crippen LogP contribution in [0.5, 0.6) is 0 Å². The Morgan fingerprint density at radius 1 is 1.00 bits per heavy atom. The van der Waals surface area contributed by atoms with E-state index >= 15 is 0 Å². The lowest BCUT2D eigenvalue weighted by molar-refractivity contribution is -0.137. The zero-order chi connectivity index (χ0) is 23.4. The first-order valence-electron chi connectivity index (χ1n) is 10.8. The van der Waals surface area contributed by atoms with Crippen molar-refractivity contribution in [3.8, 4) is 11.3 Å². The van der Waals surface area contributed by atoms with Gasteiger partial charge in [-0.25, -0.2) is 9.97 Å². The monoisotopic (exact) mass is 475 g/mol. The largest absolute Gasteiger partial charge is 0.416 e. The second-order valence-electron chi connectivity index (χ2n) is 8.26. The maximum absolute atomic E-state index is 12.7. The van der Waals surface area contributed by atoms with Crippen LogP contribution in [0.4, 0.5) is 24.8 Å². The lowest BCUT2D eigenvalue weighted by Crippen LogP contribution is -2.33. The molecule has 2 aromatic heterocycles. The van der Waals surface area contributed by atoms with Gasteiger partial charge in [0, 0.05) is 30.4 Å². The van der Waals surface area contributed by atoms with E-state index in [0.717, 1.165) is 54.8 Å². The van der Waals surface area contributed by atoms with Gasteiger partial charge in [-0.1, -0.05) is 29.8 Å². The molecule has 1 aliphatic rings. The van der Waals surface area contributed by atoms with Crippen molar-refractivity contribution in [3.63, 3.8) is 0 Å². The average molecular weight is 476 g/mol. The van der Waals surface area contributed by atoms with E-state index in [-0.39, 0.29) is 6.04 Å². The molecule has 0 radical (unpaired) electrons. The topological polar surface area (TPSA) is 75.9 Å². The highest BCUT2D eigenvalue weighted by atomic mass is 35.5. The van der Waals surface area contributed by atoms with E-state index in [9.17, 15) is 13.2 Å². The van der Waals surface area contributed by atoms with Crippen molar-refractivity contribution < 1.29 is 13.2 Å². The first-order chi connectivity index (χ1) is 15.8. The molecule has 1 saturated carbocycles. The highest BCUT2D eigenvalue weighted by Gasteiger charge is 2.29. The number of rotatable bonds is 6. The van der Waals surface area contributed by atoms with E-state index in [4.69, 9.17) is 17.3 Å². The Morgan fingerprint density at radius 2 is 1.73 bits per heavy atom. The van der Waals surface area contributed by atoms with Gasteiger partial charge in [0.1, 0.15) is 11.6 Å². The highest BCUT2D eigenvalue weighted by molar-refractivity contribution is 6.33. The molecular weight excluding hydrogens is 451 g/mol. The number of halogens is 4. The van der Waals surface area contributed by atoms with Crippen LogP contribution in [0.1, 0.15) is 36.8 Å². The molecule has 5 nitrogen and oxygen atoms in total. The van der Waals surface area contributed by atoms with Gasteiger partial charge < -0.3 is 16.4 Å². The molecule has 1 aromatic carbocycles. The number of hydrogen-bond donors (Lipinski definition) is 3. The zero-order valence-electron chi connectivity index (χ0n) is 17.9. The van der Waals surface area contributed by atoms with Crippen LogP contribution < -0.4 is 16.4 Å². The van der Waals surface area contributed by atoms with Crippen LogP contribution in [-0.4, -0.2) is 22.1 Å². The van der Waals surface area contributed by atoms with Crippen LogP contribution in [0.2, 0.25) is 5.02 Å². The molecule has 0 saturated heterocycles. The maximum atomic E-state index is 12.7. The summed E-state index contributed by atoms with van der Waals surface area (Å²) in [4.78, 5) is 9.03. The quantitative estimate of drug-likeness (QED) is 0.401. The van der Waals surface area contributed by atoms with E-state index in [1.54, 1.807) is 12.3 Å². The molecule has 2 heterocycles. The Hall–Kier alpha value is -2.84. The summed E-state index contributed by atoms with van der Waals surface area (Å²) in [5, 5.41) is 7.11. The normalized spacial score (nSPS) is 18.7. The fraction of sp³-hybridized carbons (Fsp3) is 0.333. The minimum absolute atomic E-state index is 0.277. The average Bonchev–Trinajstić information content (AvgIpc) is 2.80. The first-order valence-corrected chi connectivity index (χ1v) is 11.2. The molecule has 0 spiro atoms. The Balaban J connectivity index is 1.44. The van der Waals surface area contributed by atoms with Crippen molar-refractivity contribution in [2.75, 3.05) is 10.6 Å². The molecule has 9 heteroatoms. The molecule has 0 bridgehead atoms. The lowest BCUT2D eigenvalue weighted by Gasteiger charge is -2.27. The minimum atomic E-state index is -4.34. The number of nitrogens with zero attached hydrogens (tertiary/aromatic N) is 2. The second kappa shape index (κ2) is 9.97. The molecular formula is C24H25ClF3N5. The molecule has 174 valence electrons. The summed E-state index contributed by atoms with van der Waals surface area (Å²) < 4.78 is 38.2. The van der Waals surface area contributed by atoms with Crippen LogP contribution >= 0.6 is 11.6 Å². The smallest absolute Gasteiger partial charge is 0.367 e. The van der Waals surface area contributed by atoms with Gasteiger partial charge in [0.05, 0.1) is 16.3 Å². The third-order valence-electron chi connectivity index (χ3n) is 5.76. The Morgan fingerprint density at radius 3 is 2.42 bits per heavy atom. The van der Waals surface area contributed by atoms with Crippen LogP contribution in [0.25, 0.3) is 11.3 Å². The molecule has 4 N–H and O–H groups in total. The summed E-state index contributed by atoms with van der Waals surface area (Å²) >= 11 is 6.41. The predicted molar refractivity (Wildman–Crippen MR) is 125 cm³/mol. The van der Waals surface area contributed by atoms with Crippen molar-refractivity contribution in [2.24, 2.45) is 5.73 Å². The molecule has 0 amide bonds. The second-order valence-corrected chi connectivity index (χ2v) is 8.67. The number of pyridine rings is 2. The molecule has 1 aliphatic carbocycles. The van der Waals surface area contributed by atoms with Crippen LogP contribution in [0.3, 0.4) is 0 Å². The van der Waals surface area contributed by atoms with Gasteiger partial charge in [-0.3, -0.25) is 0 Å². The van der Waals surface area contributed by atoms with Crippen molar-refractivity contribution in [2.45, 2.75) is 50.5 Å². The summed E-state index contributed by atoms with van der Waals surface area (Å²) in [6.07, 6.45) is 1.25. The fourth-order valence-electron chi connectivity index (χ4n) is 3.87. The number of alkyl halides is 3. The summed E-state index contributed by atoms with van der Waals surface area (Å²) in [7, 11) is 0. The Kier molecular flexibility index (Phi) is 7.05. The molecule has 1 fully saturated rings. The van der Waals surface area contributed by atoms with Gasteiger partial charge in [0.25, 0.3) is 0 Å². The zero-order valence-corrected chi connectivity index (χ0v) is 18.6. The van der Waals surface area contributed by atoms with Crippen LogP contribution in [-0.2, 0) is 12.7 Å². The van der Waals surface area contributed by atoms with E-state index in [2.05, 4.69) is 20.6 Å². The molecule has 33 heavy (non-hydrogen) atoms. The maximum Gasteiger partial charge on any atom is 0.416 e. The van der Waals surface area contributed by atoms with Gasteiger partial charge in [-0.15, -0.1) is 0 Å². The summed E-state index contributed by atoms with van der Waals surface area (Å²) in [5.41, 5.74) is 7.47. The van der Waals surface area contributed by atoms with Crippen molar-refractivity contribution in [1.29, 1.82) is 0 Å². The molecule has 4 rings (SSSR count). The van der Waals surface area contributed by atoms with E-state index in [0.29, 0.717) is 29.1 Å². The van der Waals surface area contributed by atoms with Gasteiger partial charge >= 0.3 is 6.18 Å². The number of nitrogens with two attached hydrogens (primary N) is 1. The SMILES string of the molecule is NC1CCC(Nc2cc(-c3cccc(NCc4ccc(C(F)(F)F)cc4)n3)c(Cl)cn2)CC1. The standard InChI is InChI=1S/C24H25ClF3N5/c25-20-14-31-23(32-18-10-8-17(29)9-11-18)12-19(20)21-2-1-3-22(33-21)30-13-15-4-6-16(7-5-15)24(26,27)28/h1-7,12,14,17-18H,8-11,13,29H2,(H,30,33)(H,31,32). The third-order valence-corrected chi connectivity index (χ3v) is 6.06. The van der Waals surface area contributed by atoms with E-state index in [1.165, 1.54) is 12.1 Å². The number of aromatic nitrogens is 2. The summed E-state index contributed by atoms with van der Waals surface area (Å²) in [6, 6.07) is 13.1. The molecule has 0 atom stereocenters. The molecule has 0 aliphatic heterocycles. The Labute approximate surface area is 195 Å². The molecule has 0 unspecified atom stereocenters. The van der Waals surface area contributed by atoms with Crippen molar-refractivity contribution >= 4 is 23.2 Å². The van der Waals surface area contributed by atoms with E-state index in [1.807, 2.05) is 18.2 Å². The number of nitrogens with one attached hydrogen (secondary N) is 2. The van der Waals surface area contributed by atoms with Gasteiger partial charge in [-0.2, -0.15) is 13.2 Å².